The van der Waals surface area contributed by atoms with Crippen LogP contribution in [0.25, 0.3) is 22.4 Å². The van der Waals surface area contributed by atoms with Gasteiger partial charge in [-0.1, -0.05) is 12.1 Å². The van der Waals surface area contributed by atoms with Crippen molar-refractivity contribution in [1.29, 1.82) is 0 Å². The third-order valence-corrected chi connectivity index (χ3v) is 6.59. The number of nitrogens with zero attached hydrogens (tertiary/aromatic N) is 4. The first-order valence-corrected chi connectivity index (χ1v) is 11.0. The number of aromatic amines is 1. The lowest BCUT2D eigenvalue weighted by Gasteiger charge is -2.35. The Morgan fingerprint density at radius 2 is 1.94 bits per heavy atom. The summed E-state index contributed by atoms with van der Waals surface area (Å²) in [5.41, 5.74) is 4.77. The maximum atomic E-state index is 13.2. The van der Waals surface area contributed by atoms with E-state index in [0.29, 0.717) is 18.7 Å². The van der Waals surface area contributed by atoms with Gasteiger partial charge in [0.25, 0.3) is 0 Å². The number of nitrogens with one attached hydrogen (secondary N) is 1. The average Bonchev–Trinajstić information content (AvgIpc) is 3.37. The number of amides is 1. The molecule has 1 fully saturated rings. The van der Waals surface area contributed by atoms with Crippen LogP contribution >= 0.6 is 0 Å². The zero-order valence-electron chi connectivity index (χ0n) is 17.5. The number of halogens is 1. The van der Waals surface area contributed by atoms with Gasteiger partial charge in [-0.25, -0.2) is 19.3 Å². The molecule has 32 heavy (non-hydrogen) atoms. The van der Waals surface area contributed by atoms with E-state index in [4.69, 9.17) is 4.98 Å². The summed E-state index contributed by atoms with van der Waals surface area (Å²) in [6.07, 6.45) is 5.52. The summed E-state index contributed by atoms with van der Waals surface area (Å²) in [5.74, 6) is 1.33. The summed E-state index contributed by atoms with van der Waals surface area (Å²) >= 11 is 0. The van der Waals surface area contributed by atoms with Crippen LogP contribution in [0.5, 0.6) is 0 Å². The number of hydrogen-bond donors (Lipinski definition) is 1. The standard InChI is InChI=1S/C25H22FN5O/c26-16-7-5-15(6-8-16)25-27-14-18-21(30-25)13-17-9-10-22(18)31(17)24(32)12-11-23-28-19-3-1-2-4-20(19)29-23/h1-8,14,17,22H,9-13H2,(H,28,29)/t17-,22+/m0/s1. The molecule has 2 aromatic carbocycles. The Morgan fingerprint density at radius 1 is 1.09 bits per heavy atom. The fourth-order valence-electron chi connectivity index (χ4n) is 5.07. The fourth-order valence-corrected chi connectivity index (χ4v) is 5.07. The third-order valence-electron chi connectivity index (χ3n) is 6.59. The molecule has 0 saturated carbocycles. The number of rotatable bonds is 4. The van der Waals surface area contributed by atoms with E-state index in [0.717, 1.165) is 52.9 Å². The molecular weight excluding hydrogens is 405 g/mol. The molecule has 7 heteroatoms. The molecule has 1 amide bonds. The van der Waals surface area contributed by atoms with Crippen molar-refractivity contribution in [3.05, 3.63) is 77.6 Å². The van der Waals surface area contributed by atoms with Crippen LogP contribution < -0.4 is 0 Å². The first-order valence-electron chi connectivity index (χ1n) is 11.0. The van der Waals surface area contributed by atoms with Gasteiger partial charge >= 0.3 is 0 Å². The SMILES string of the molecule is O=C(CCc1nc2ccccc2[nH]1)N1[C@H]2CC[C@@H]1c1cnc(-c3ccc(F)cc3)nc1C2. The van der Waals surface area contributed by atoms with Crippen LogP contribution in [0.3, 0.4) is 0 Å². The number of benzene rings is 2. The Morgan fingerprint density at radius 3 is 2.78 bits per heavy atom. The van der Waals surface area contributed by atoms with Crippen molar-refractivity contribution < 1.29 is 9.18 Å². The molecule has 1 saturated heterocycles. The minimum Gasteiger partial charge on any atom is -0.342 e. The van der Waals surface area contributed by atoms with Gasteiger partial charge in [0, 0.05) is 42.6 Å². The summed E-state index contributed by atoms with van der Waals surface area (Å²) in [6, 6.07) is 14.3. The number of aromatic nitrogens is 4. The highest BCUT2D eigenvalue weighted by molar-refractivity contribution is 5.79. The fraction of sp³-hybridized carbons (Fsp3) is 0.280. The molecular formula is C25H22FN5O. The van der Waals surface area contributed by atoms with E-state index in [1.165, 1.54) is 12.1 Å². The zero-order chi connectivity index (χ0) is 21.7. The van der Waals surface area contributed by atoms with Crippen LogP contribution in [-0.2, 0) is 17.6 Å². The number of hydrogen-bond acceptors (Lipinski definition) is 4. The second-order valence-corrected chi connectivity index (χ2v) is 8.56. The molecule has 6 rings (SSSR count). The predicted molar refractivity (Wildman–Crippen MR) is 118 cm³/mol. The van der Waals surface area contributed by atoms with Gasteiger partial charge in [0.1, 0.15) is 11.6 Å². The van der Waals surface area contributed by atoms with E-state index in [2.05, 4.69) is 15.0 Å². The van der Waals surface area contributed by atoms with Crippen LogP contribution in [0.4, 0.5) is 4.39 Å². The first-order chi connectivity index (χ1) is 15.7. The third kappa shape index (κ3) is 3.25. The predicted octanol–water partition coefficient (Wildman–Crippen LogP) is 4.38. The molecule has 2 aliphatic rings. The summed E-state index contributed by atoms with van der Waals surface area (Å²) in [6.45, 7) is 0. The maximum Gasteiger partial charge on any atom is 0.223 e. The lowest BCUT2D eigenvalue weighted by atomic mass is 9.98. The number of carbonyl (C=O) groups is 1. The summed E-state index contributed by atoms with van der Waals surface area (Å²) < 4.78 is 13.2. The Labute approximate surface area is 184 Å². The molecule has 0 spiro atoms. The number of fused-ring (bicyclic) bond motifs is 5. The van der Waals surface area contributed by atoms with Crippen LogP contribution in [0.2, 0.25) is 0 Å². The lowest BCUT2D eigenvalue weighted by Crippen LogP contribution is -2.42. The molecule has 2 aromatic heterocycles. The molecule has 2 atom stereocenters. The monoisotopic (exact) mass is 427 g/mol. The van der Waals surface area contributed by atoms with E-state index in [9.17, 15) is 9.18 Å². The summed E-state index contributed by atoms with van der Waals surface area (Å²) in [7, 11) is 0. The Bertz CT molecular complexity index is 1280. The molecule has 2 bridgehead atoms. The van der Waals surface area contributed by atoms with Crippen molar-refractivity contribution in [3.8, 4) is 11.4 Å². The van der Waals surface area contributed by atoms with E-state index < -0.39 is 0 Å². The van der Waals surface area contributed by atoms with Gasteiger partial charge in [-0.05, 0) is 49.2 Å². The van der Waals surface area contributed by atoms with E-state index in [-0.39, 0.29) is 23.8 Å². The molecule has 160 valence electrons. The summed E-state index contributed by atoms with van der Waals surface area (Å²) in [5, 5.41) is 0. The number of H-pyrrole nitrogens is 1. The minimum atomic E-state index is -0.276. The van der Waals surface area contributed by atoms with Gasteiger partial charge in [-0.15, -0.1) is 0 Å². The molecule has 4 heterocycles. The smallest absolute Gasteiger partial charge is 0.223 e. The molecule has 2 aliphatic heterocycles. The highest BCUT2D eigenvalue weighted by atomic mass is 19.1. The van der Waals surface area contributed by atoms with Crippen molar-refractivity contribution in [1.82, 2.24) is 24.8 Å². The minimum absolute atomic E-state index is 0.0363. The van der Waals surface area contributed by atoms with Gasteiger partial charge in [0.15, 0.2) is 5.82 Å². The second-order valence-electron chi connectivity index (χ2n) is 8.56. The first kappa shape index (κ1) is 19.1. The van der Waals surface area contributed by atoms with E-state index in [1.54, 1.807) is 12.1 Å². The van der Waals surface area contributed by atoms with Crippen molar-refractivity contribution >= 4 is 16.9 Å². The zero-order valence-corrected chi connectivity index (χ0v) is 17.5. The van der Waals surface area contributed by atoms with Gasteiger partial charge in [-0.2, -0.15) is 0 Å². The number of aryl methyl sites for hydroxylation is 1. The topological polar surface area (TPSA) is 74.8 Å². The van der Waals surface area contributed by atoms with Crippen molar-refractivity contribution in [3.63, 3.8) is 0 Å². The Hall–Kier alpha value is -3.61. The number of para-hydroxylation sites is 2. The van der Waals surface area contributed by atoms with Crippen molar-refractivity contribution in [2.45, 2.75) is 44.2 Å². The lowest BCUT2D eigenvalue weighted by molar-refractivity contribution is -0.134. The van der Waals surface area contributed by atoms with Crippen LogP contribution in [0, 0.1) is 5.82 Å². The largest absolute Gasteiger partial charge is 0.342 e. The van der Waals surface area contributed by atoms with Gasteiger partial charge in [0.2, 0.25) is 5.91 Å². The van der Waals surface area contributed by atoms with E-state index >= 15 is 0 Å². The molecule has 0 aliphatic carbocycles. The molecule has 4 aromatic rings. The normalized spacial score (nSPS) is 19.3. The maximum absolute atomic E-state index is 13.2. The Kier molecular flexibility index (Phi) is 4.48. The quantitative estimate of drug-likeness (QED) is 0.525. The van der Waals surface area contributed by atoms with Crippen molar-refractivity contribution in [2.24, 2.45) is 0 Å². The number of carbonyl (C=O) groups excluding carboxylic acids is 1. The van der Waals surface area contributed by atoms with Crippen molar-refractivity contribution in [2.75, 3.05) is 0 Å². The molecule has 0 radical (unpaired) electrons. The molecule has 6 nitrogen and oxygen atoms in total. The van der Waals surface area contributed by atoms with E-state index in [1.807, 2.05) is 35.4 Å². The average molecular weight is 427 g/mol. The molecule has 0 unspecified atom stereocenters. The Balaban J connectivity index is 1.20. The van der Waals surface area contributed by atoms with Gasteiger partial charge < -0.3 is 9.88 Å². The van der Waals surface area contributed by atoms with Crippen LogP contribution in [0.15, 0.2) is 54.7 Å². The highest BCUT2D eigenvalue weighted by Gasteiger charge is 2.43. The molecule has 1 N–H and O–H groups in total. The van der Waals surface area contributed by atoms with Crippen LogP contribution in [0.1, 0.15) is 42.4 Å². The van der Waals surface area contributed by atoms with Gasteiger partial charge in [0.05, 0.1) is 22.8 Å². The van der Waals surface area contributed by atoms with Crippen LogP contribution in [-0.4, -0.2) is 36.8 Å². The summed E-state index contributed by atoms with van der Waals surface area (Å²) in [4.78, 5) is 32.4. The second kappa shape index (κ2) is 7.51. The number of imidazole rings is 1. The highest BCUT2D eigenvalue weighted by Crippen LogP contribution is 2.43. The van der Waals surface area contributed by atoms with Gasteiger partial charge in [-0.3, -0.25) is 4.79 Å².